The Morgan fingerprint density at radius 2 is 2.00 bits per heavy atom. The monoisotopic (exact) mass is 256 g/mol. The molecule has 0 amide bonds. The summed E-state index contributed by atoms with van der Waals surface area (Å²) in [7, 11) is 0. The van der Waals surface area contributed by atoms with E-state index < -0.39 is 0 Å². The van der Waals surface area contributed by atoms with E-state index in [0.29, 0.717) is 6.61 Å². The number of allylic oxidation sites excluding steroid dienone is 2. The average molecular weight is 256 g/mol. The van der Waals surface area contributed by atoms with E-state index in [1.807, 2.05) is 6.92 Å². The Morgan fingerprint density at radius 1 is 1.32 bits per heavy atom. The molecule has 2 heteroatoms. The largest absolute Gasteiger partial charge is 0.466 e. The number of benzene rings is 1. The Morgan fingerprint density at radius 3 is 2.68 bits per heavy atom. The molecule has 0 aliphatic heterocycles. The number of rotatable bonds is 2. The first-order valence-corrected chi connectivity index (χ1v) is 6.92. The normalized spacial score (nSPS) is 29.9. The molecule has 0 radical (unpaired) electrons. The van der Waals surface area contributed by atoms with Gasteiger partial charge in [0, 0.05) is 5.41 Å². The van der Waals surface area contributed by atoms with Gasteiger partial charge in [0.1, 0.15) is 0 Å². The van der Waals surface area contributed by atoms with Crippen molar-refractivity contribution in [2.24, 2.45) is 11.3 Å². The van der Waals surface area contributed by atoms with Crippen LogP contribution in [0.15, 0.2) is 30.3 Å². The molecule has 0 aromatic heterocycles. The van der Waals surface area contributed by atoms with Crippen LogP contribution in [-0.2, 0) is 14.9 Å². The van der Waals surface area contributed by atoms with E-state index in [2.05, 4.69) is 51.1 Å². The Kier molecular flexibility index (Phi) is 2.44. The summed E-state index contributed by atoms with van der Waals surface area (Å²) in [5.41, 5.74) is 3.63. The highest BCUT2D eigenvalue weighted by atomic mass is 16.5. The van der Waals surface area contributed by atoms with Gasteiger partial charge in [-0.15, -0.1) is 0 Å². The summed E-state index contributed by atoms with van der Waals surface area (Å²) in [5, 5.41) is 0. The van der Waals surface area contributed by atoms with Crippen LogP contribution in [0, 0.1) is 11.3 Å². The second-order valence-corrected chi connectivity index (χ2v) is 6.15. The predicted octanol–water partition coefficient (Wildman–Crippen LogP) is 3.56. The minimum absolute atomic E-state index is 0.0569. The van der Waals surface area contributed by atoms with E-state index in [9.17, 15) is 4.79 Å². The first-order valence-electron chi connectivity index (χ1n) is 6.92. The summed E-state index contributed by atoms with van der Waals surface area (Å²) >= 11 is 0. The molecule has 1 fully saturated rings. The van der Waals surface area contributed by atoms with Crippen LogP contribution >= 0.6 is 0 Å². The summed E-state index contributed by atoms with van der Waals surface area (Å²) in [4.78, 5) is 12.2. The lowest BCUT2D eigenvalue weighted by Crippen LogP contribution is -2.14. The number of hydrogen-bond donors (Lipinski definition) is 0. The molecule has 2 atom stereocenters. The molecule has 2 aliphatic rings. The zero-order chi connectivity index (χ0) is 13.8. The van der Waals surface area contributed by atoms with E-state index >= 15 is 0 Å². The third-order valence-corrected chi connectivity index (χ3v) is 4.92. The van der Waals surface area contributed by atoms with E-state index in [1.165, 1.54) is 16.7 Å². The number of esters is 1. The molecule has 19 heavy (non-hydrogen) atoms. The molecule has 0 heterocycles. The molecule has 3 rings (SSSR count). The molecule has 1 saturated carbocycles. The Hall–Kier alpha value is -1.57. The number of hydrogen-bond acceptors (Lipinski definition) is 2. The topological polar surface area (TPSA) is 26.3 Å². The van der Waals surface area contributed by atoms with Crippen LogP contribution in [0.5, 0.6) is 0 Å². The second kappa shape index (κ2) is 3.72. The smallest absolute Gasteiger partial charge is 0.310 e. The molecule has 0 unspecified atom stereocenters. The highest BCUT2D eigenvalue weighted by Crippen LogP contribution is 2.73. The highest BCUT2D eigenvalue weighted by molar-refractivity contribution is 5.89. The van der Waals surface area contributed by atoms with Gasteiger partial charge in [-0.2, -0.15) is 0 Å². The van der Waals surface area contributed by atoms with Gasteiger partial charge >= 0.3 is 5.97 Å². The van der Waals surface area contributed by atoms with Gasteiger partial charge in [-0.05, 0) is 36.0 Å². The first-order chi connectivity index (χ1) is 8.96. The van der Waals surface area contributed by atoms with Gasteiger partial charge in [-0.3, -0.25) is 4.79 Å². The maximum absolute atomic E-state index is 12.2. The predicted molar refractivity (Wildman–Crippen MR) is 75.7 cm³/mol. The van der Waals surface area contributed by atoms with Crippen LogP contribution in [0.1, 0.15) is 38.8 Å². The van der Waals surface area contributed by atoms with Crippen LogP contribution in [0.25, 0.3) is 5.57 Å². The van der Waals surface area contributed by atoms with Gasteiger partial charge in [-0.25, -0.2) is 0 Å². The van der Waals surface area contributed by atoms with Crippen LogP contribution in [0.4, 0.5) is 0 Å². The zero-order valence-corrected chi connectivity index (χ0v) is 12.0. The van der Waals surface area contributed by atoms with Gasteiger partial charge in [-0.1, -0.05) is 44.2 Å². The molecule has 2 nitrogen and oxygen atoms in total. The van der Waals surface area contributed by atoms with Crippen molar-refractivity contribution in [1.82, 2.24) is 0 Å². The lowest BCUT2D eigenvalue weighted by molar-refractivity contribution is -0.145. The van der Waals surface area contributed by atoms with Crippen molar-refractivity contribution in [3.05, 3.63) is 41.5 Å². The SMILES string of the molecule is CCOC(=O)[C@@H]1C(C)(C)[C@@]12C=C(C)c1ccccc12. The quantitative estimate of drug-likeness (QED) is 0.756. The van der Waals surface area contributed by atoms with Crippen LogP contribution in [0.2, 0.25) is 0 Å². The number of ether oxygens (including phenoxy) is 1. The molecule has 100 valence electrons. The summed E-state index contributed by atoms with van der Waals surface area (Å²) in [6.07, 6.45) is 2.28. The first kappa shape index (κ1) is 12.5. The molecular formula is C17H20O2. The van der Waals surface area contributed by atoms with E-state index in [4.69, 9.17) is 4.74 Å². The lowest BCUT2D eigenvalue weighted by atomic mass is 9.90. The van der Waals surface area contributed by atoms with Gasteiger partial charge in [0.05, 0.1) is 12.5 Å². The van der Waals surface area contributed by atoms with Crippen LogP contribution in [-0.4, -0.2) is 12.6 Å². The third-order valence-electron chi connectivity index (χ3n) is 4.92. The zero-order valence-electron chi connectivity index (χ0n) is 12.0. The fraction of sp³-hybridized carbons (Fsp3) is 0.471. The number of carbonyl (C=O) groups excluding carboxylic acids is 1. The molecule has 0 N–H and O–H groups in total. The molecule has 0 bridgehead atoms. The Balaban J connectivity index is 2.10. The molecule has 2 aliphatic carbocycles. The lowest BCUT2D eigenvalue weighted by Gasteiger charge is -2.13. The molecular weight excluding hydrogens is 236 g/mol. The standard InChI is InChI=1S/C17H20O2/c1-5-19-15(18)14-16(3,4)17(14)10-11(2)12-8-6-7-9-13(12)17/h6-10,14H,5H2,1-4H3/t14-,17-/m1/s1. The number of carbonyl (C=O) groups is 1. The van der Waals surface area contributed by atoms with Gasteiger partial charge < -0.3 is 4.74 Å². The maximum atomic E-state index is 12.2. The molecule has 0 saturated heterocycles. The Bertz CT molecular complexity index is 583. The van der Waals surface area contributed by atoms with Gasteiger partial charge in [0.2, 0.25) is 0 Å². The van der Waals surface area contributed by atoms with Crippen LogP contribution < -0.4 is 0 Å². The van der Waals surface area contributed by atoms with Crippen molar-refractivity contribution < 1.29 is 9.53 Å². The summed E-state index contributed by atoms with van der Waals surface area (Å²) in [5.74, 6) is -0.119. The van der Waals surface area contributed by atoms with E-state index in [0.717, 1.165) is 0 Å². The fourth-order valence-corrected chi connectivity index (χ4v) is 3.96. The van der Waals surface area contributed by atoms with Crippen molar-refractivity contribution in [3.63, 3.8) is 0 Å². The van der Waals surface area contributed by atoms with E-state index in [-0.39, 0.29) is 22.7 Å². The summed E-state index contributed by atoms with van der Waals surface area (Å²) < 4.78 is 5.27. The molecule has 1 spiro atoms. The second-order valence-electron chi connectivity index (χ2n) is 6.15. The van der Waals surface area contributed by atoms with Gasteiger partial charge in [0.25, 0.3) is 0 Å². The van der Waals surface area contributed by atoms with E-state index in [1.54, 1.807) is 0 Å². The van der Waals surface area contributed by atoms with Crippen molar-refractivity contribution in [3.8, 4) is 0 Å². The summed E-state index contributed by atoms with van der Waals surface area (Å²) in [6.45, 7) is 8.78. The Labute approximate surface area is 114 Å². The van der Waals surface area contributed by atoms with Crippen molar-refractivity contribution in [2.45, 2.75) is 33.1 Å². The minimum Gasteiger partial charge on any atom is -0.466 e. The van der Waals surface area contributed by atoms with Crippen molar-refractivity contribution in [1.29, 1.82) is 0 Å². The van der Waals surface area contributed by atoms with Crippen molar-refractivity contribution in [2.75, 3.05) is 6.61 Å². The molecule has 1 aromatic carbocycles. The fourth-order valence-electron chi connectivity index (χ4n) is 3.96. The maximum Gasteiger partial charge on any atom is 0.310 e. The van der Waals surface area contributed by atoms with Gasteiger partial charge in [0.15, 0.2) is 0 Å². The highest BCUT2D eigenvalue weighted by Gasteiger charge is 2.75. The van der Waals surface area contributed by atoms with Crippen molar-refractivity contribution >= 4 is 11.5 Å². The average Bonchev–Trinajstić information content (AvgIpc) is 2.69. The number of fused-ring (bicyclic) bond motifs is 2. The third kappa shape index (κ3) is 1.35. The minimum atomic E-state index is -0.153. The summed E-state index contributed by atoms with van der Waals surface area (Å²) in [6, 6.07) is 8.42. The molecule has 1 aromatic rings. The van der Waals surface area contributed by atoms with Crippen LogP contribution in [0.3, 0.4) is 0 Å².